The first-order chi connectivity index (χ1) is 13.0. The maximum atomic E-state index is 12.3. The van der Waals surface area contributed by atoms with Gasteiger partial charge in [-0.15, -0.1) is 0 Å². The van der Waals surface area contributed by atoms with Crippen LogP contribution < -0.4 is 16.0 Å². The highest BCUT2D eigenvalue weighted by Crippen LogP contribution is 2.11. The number of hydrogen-bond donors (Lipinski definition) is 3. The molecule has 0 spiro atoms. The lowest BCUT2D eigenvalue weighted by molar-refractivity contribution is 0.0946. The average Bonchev–Trinajstić information content (AvgIpc) is 2.65. The van der Waals surface area contributed by atoms with E-state index >= 15 is 0 Å². The maximum Gasteiger partial charge on any atom is 0.257 e. The topological polar surface area (TPSA) is 79.5 Å². The van der Waals surface area contributed by atoms with Crippen LogP contribution in [0.15, 0.2) is 48.5 Å². The normalized spacial score (nSPS) is 10.1. The van der Waals surface area contributed by atoms with E-state index < -0.39 is 0 Å². The number of aryl methyl sites for hydroxylation is 1. The zero-order valence-corrected chi connectivity index (χ0v) is 16.2. The van der Waals surface area contributed by atoms with Crippen molar-refractivity contribution >= 4 is 34.8 Å². The molecule has 0 saturated carbocycles. The first-order valence-electron chi connectivity index (χ1n) is 8.56. The van der Waals surface area contributed by atoms with Gasteiger partial charge in [0.15, 0.2) is 5.11 Å². The monoisotopic (exact) mass is 385 g/mol. The maximum absolute atomic E-state index is 12.3. The van der Waals surface area contributed by atoms with Crippen molar-refractivity contribution in [2.75, 3.05) is 25.6 Å². The van der Waals surface area contributed by atoms with Crippen LogP contribution in [-0.4, -0.2) is 37.2 Å². The van der Waals surface area contributed by atoms with Gasteiger partial charge in [-0.2, -0.15) is 0 Å². The Balaban J connectivity index is 1.93. The molecule has 0 aliphatic rings. The van der Waals surface area contributed by atoms with E-state index in [0.29, 0.717) is 30.0 Å². The number of anilines is 1. The van der Waals surface area contributed by atoms with Crippen molar-refractivity contribution in [2.24, 2.45) is 0 Å². The van der Waals surface area contributed by atoms with E-state index in [1.54, 1.807) is 43.5 Å². The fourth-order valence-electron chi connectivity index (χ4n) is 2.42. The summed E-state index contributed by atoms with van der Waals surface area (Å²) in [6, 6.07) is 14.2. The molecule has 3 N–H and O–H groups in total. The third-order valence-electron chi connectivity index (χ3n) is 3.81. The molecule has 2 aromatic carbocycles. The molecular formula is C20H23N3O3S. The van der Waals surface area contributed by atoms with Crippen molar-refractivity contribution < 1.29 is 14.3 Å². The first-order valence-corrected chi connectivity index (χ1v) is 8.97. The summed E-state index contributed by atoms with van der Waals surface area (Å²) >= 11 is 5.21. The predicted octanol–water partition coefficient (Wildman–Crippen LogP) is 2.89. The van der Waals surface area contributed by atoms with Gasteiger partial charge in [-0.3, -0.25) is 14.9 Å². The fraction of sp³-hybridized carbons (Fsp3) is 0.250. The average molecular weight is 385 g/mol. The second kappa shape index (κ2) is 10.4. The predicted molar refractivity (Wildman–Crippen MR) is 110 cm³/mol. The zero-order chi connectivity index (χ0) is 19.6. The number of hydrogen-bond acceptors (Lipinski definition) is 4. The van der Waals surface area contributed by atoms with Gasteiger partial charge in [-0.25, -0.2) is 0 Å². The highest BCUT2D eigenvalue weighted by Gasteiger charge is 2.11. The summed E-state index contributed by atoms with van der Waals surface area (Å²) in [5, 5.41) is 8.58. The van der Waals surface area contributed by atoms with Crippen molar-refractivity contribution in [3.8, 4) is 0 Å². The van der Waals surface area contributed by atoms with Gasteiger partial charge in [0.1, 0.15) is 0 Å². The SMILES string of the molecule is COCCCNC(=O)c1cccc(NC(=S)NC(=O)c2ccccc2C)c1. The summed E-state index contributed by atoms with van der Waals surface area (Å²) in [5.74, 6) is -0.456. The molecule has 0 fully saturated rings. The lowest BCUT2D eigenvalue weighted by atomic mass is 10.1. The number of ether oxygens (including phenoxy) is 1. The molecule has 7 heteroatoms. The number of carbonyl (C=O) groups excluding carboxylic acids is 2. The molecule has 0 aliphatic carbocycles. The van der Waals surface area contributed by atoms with Crippen LogP contribution in [0.5, 0.6) is 0 Å². The van der Waals surface area contributed by atoms with E-state index in [1.807, 2.05) is 19.1 Å². The summed E-state index contributed by atoms with van der Waals surface area (Å²) in [5.41, 5.74) is 2.55. The van der Waals surface area contributed by atoms with Crippen LogP contribution in [0.3, 0.4) is 0 Å². The number of nitrogens with one attached hydrogen (secondary N) is 3. The summed E-state index contributed by atoms with van der Waals surface area (Å²) in [7, 11) is 1.62. The molecule has 0 unspecified atom stereocenters. The molecule has 0 bridgehead atoms. The number of carbonyl (C=O) groups is 2. The standard InChI is InChI=1S/C20H23N3O3S/c1-14-7-3-4-10-17(14)19(25)23-20(27)22-16-9-5-8-15(13-16)18(24)21-11-6-12-26-2/h3-5,7-10,13H,6,11-12H2,1-2H3,(H,21,24)(H2,22,23,25,27). The van der Waals surface area contributed by atoms with Gasteiger partial charge in [-0.05, 0) is 55.4 Å². The highest BCUT2D eigenvalue weighted by atomic mass is 32.1. The summed E-state index contributed by atoms with van der Waals surface area (Å²) in [6.45, 7) is 2.99. The van der Waals surface area contributed by atoms with Crippen LogP contribution in [0.1, 0.15) is 32.7 Å². The molecule has 0 saturated heterocycles. The van der Waals surface area contributed by atoms with Gasteiger partial charge in [0.25, 0.3) is 11.8 Å². The number of amides is 2. The van der Waals surface area contributed by atoms with E-state index in [4.69, 9.17) is 17.0 Å². The molecular weight excluding hydrogens is 362 g/mol. The van der Waals surface area contributed by atoms with Gasteiger partial charge < -0.3 is 15.4 Å². The van der Waals surface area contributed by atoms with Crippen LogP contribution in [0.25, 0.3) is 0 Å². The van der Waals surface area contributed by atoms with E-state index in [0.717, 1.165) is 12.0 Å². The van der Waals surface area contributed by atoms with Crippen molar-refractivity contribution in [1.82, 2.24) is 10.6 Å². The van der Waals surface area contributed by atoms with E-state index in [-0.39, 0.29) is 16.9 Å². The minimum Gasteiger partial charge on any atom is -0.385 e. The van der Waals surface area contributed by atoms with Crippen LogP contribution in [0, 0.1) is 6.92 Å². The molecule has 6 nitrogen and oxygen atoms in total. The van der Waals surface area contributed by atoms with Gasteiger partial charge in [0.2, 0.25) is 0 Å². The molecule has 2 rings (SSSR count). The van der Waals surface area contributed by atoms with Crippen molar-refractivity contribution in [3.63, 3.8) is 0 Å². The second-order valence-corrected chi connectivity index (χ2v) is 6.31. The number of methoxy groups -OCH3 is 1. The number of thiocarbonyl (C=S) groups is 1. The lowest BCUT2D eigenvalue weighted by Gasteiger charge is -2.12. The van der Waals surface area contributed by atoms with Crippen molar-refractivity contribution in [1.29, 1.82) is 0 Å². The van der Waals surface area contributed by atoms with Gasteiger partial charge in [-0.1, -0.05) is 24.3 Å². The molecule has 2 amide bonds. The van der Waals surface area contributed by atoms with Crippen LogP contribution in [0.4, 0.5) is 5.69 Å². The third-order valence-corrected chi connectivity index (χ3v) is 4.01. The van der Waals surface area contributed by atoms with Crippen LogP contribution in [0.2, 0.25) is 0 Å². The number of rotatable bonds is 7. The molecule has 0 aliphatic heterocycles. The first kappa shape index (κ1) is 20.5. The molecule has 2 aromatic rings. The fourth-order valence-corrected chi connectivity index (χ4v) is 2.63. The quantitative estimate of drug-likeness (QED) is 0.505. The van der Waals surface area contributed by atoms with Crippen LogP contribution in [-0.2, 0) is 4.74 Å². The van der Waals surface area contributed by atoms with Crippen LogP contribution >= 0.6 is 12.2 Å². The molecule has 0 aromatic heterocycles. The summed E-state index contributed by atoms with van der Waals surface area (Å²) in [6.07, 6.45) is 0.745. The molecule has 27 heavy (non-hydrogen) atoms. The minimum absolute atomic E-state index is 0.168. The molecule has 0 radical (unpaired) electrons. The third kappa shape index (κ3) is 6.47. The summed E-state index contributed by atoms with van der Waals surface area (Å²) < 4.78 is 4.95. The zero-order valence-electron chi connectivity index (χ0n) is 15.4. The van der Waals surface area contributed by atoms with Gasteiger partial charge >= 0.3 is 0 Å². The smallest absolute Gasteiger partial charge is 0.257 e. The Morgan fingerprint density at radius 2 is 1.85 bits per heavy atom. The van der Waals surface area contributed by atoms with Gasteiger partial charge in [0.05, 0.1) is 0 Å². The Labute approximate surface area is 164 Å². The van der Waals surface area contributed by atoms with Crippen molar-refractivity contribution in [3.05, 3.63) is 65.2 Å². The Morgan fingerprint density at radius 1 is 1.07 bits per heavy atom. The minimum atomic E-state index is -0.280. The molecule has 0 heterocycles. The Bertz CT molecular complexity index is 824. The Kier molecular flexibility index (Phi) is 7.91. The molecule has 142 valence electrons. The van der Waals surface area contributed by atoms with E-state index in [2.05, 4.69) is 16.0 Å². The second-order valence-electron chi connectivity index (χ2n) is 5.91. The summed E-state index contributed by atoms with van der Waals surface area (Å²) in [4.78, 5) is 24.5. The molecule has 0 atom stereocenters. The van der Waals surface area contributed by atoms with Crippen molar-refractivity contribution in [2.45, 2.75) is 13.3 Å². The van der Waals surface area contributed by atoms with E-state index in [9.17, 15) is 9.59 Å². The van der Waals surface area contributed by atoms with Gasteiger partial charge in [0, 0.05) is 37.1 Å². The lowest BCUT2D eigenvalue weighted by Crippen LogP contribution is -2.34. The largest absolute Gasteiger partial charge is 0.385 e. The van der Waals surface area contributed by atoms with E-state index in [1.165, 1.54) is 0 Å². The Hall–Kier alpha value is -2.77. The Morgan fingerprint density at radius 3 is 2.59 bits per heavy atom. The number of benzene rings is 2. The highest BCUT2D eigenvalue weighted by molar-refractivity contribution is 7.80.